The minimum absolute atomic E-state index is 0.0227. The highest BCUT2D eigenvalue weighted by Gasteiger charge is 2.22. The van der Waals surface area contributed by atoms with Crippen molar-refractivity contribution in [2.75, 3.05) is 19.6 Å². The number of carbonyl (C=O) groups is 2. The second-order valence-electron chi connectivity index (χ2n) is 7.83. The van der Waals surface area contributed by atoms with Crippen molar-refractivity contribution in [1.82, 2.24) is 14.4 Å². The van der Waals surface area contributed by atoms with Crippen molar-refractivity contribution in [1.29, 1.82) is 0 Å². The predicted molar refractivity (Wildman–Crippen MR) is 117 cm³/mol. The number of aromatic nitrogens is 1. The van der Waals surface area contributed by atoms with Crippen LogP contribution in [0.1, 0.15) is 31.5 Å². The van der Waals surface area contributed by atoms with E-state index in [9.17, 15) is 9.59 Å². The van der Waals surface area contributed by atoms with Crippen LogP contribution in [0.25, 0.3) is 0 Å². The predicted octanol–water partition coefficient (Wildman–Crippen LogP) is 3.66. The first kappa shape index (κ1) is 22.5. The molecule has 0 radical (unpaired) electrons. The van der Waals surface area contributed by atoms with Gasteiger partial charge < -0.3 is 14.4 Å². The molecular formula is C24H33N3O2. The molecule has 2 amide bonds. The van der Waals surface area contributed by atoms with E-state index < -0.39 is 0 Å². The molecule has 5 heteroatoms. The summed E-state index contributed by atoms with van der Waals surface area (Å²) < 4.78 is 2.02. The monoisotopic (exact) mass is 395 g/mol. The lowest BCUT2D eigenvalue weighted by atomic mass is 10.1. The summed E-state index contributed by atoms with van der Waals surface area (Å²) in [6.07, 6.45) is 4.70. The maximum atomic E-state index is 13.1. The third kappa shape index (κ3) is 7.26. The van der Waals surface area contributed by atoms with Crippen molar-refractivity contribution in [2.45, 2.75) is 33.2 Å². The van der Waals surface area contributed by atoms with Crippen LogP contribution in [0.2, 0.25) is 0 Å². The van der Waals surface area contributed by atoms with Crippen LogP contribution in [-0.2, 0) is 29.6 Å². The Hall–Kier alpha value is -2.82. The number of benzene rings is 1. The second kappa shape index (κ2) is 11.2. The largest absolute Gasteiger partial charge is 0.353 e. The van der Waals surface area contributed by atoms with Gasteiger partial charge in [0.05, 0.1) is 6.54 Å². The lowest BCUT2D eigenvalue weighted by molar-refractivity contribution is -0.140. The average molecular weight is 396 g/mol. The molecule has 0 fully saturated rings. The first-order valence-electron chi connectivity index (χ1n) is 10.2. The highest BCUT2D eigenvalue weighted by atomic mass is 16.2. The van der Waals surface area contributed by atoms with Crippen LogP contribution in [0.5, 0.6) is 0 Å². The van der Waals surface area contributed by atoms with Gasteiger partial charge in [0.2, 0.25) is 11.8 Å². The number of hydrogen-bond donors (Lipinski definition) is 0. The summed E-state index contributed by atoms with van der Waals surface area (Å²) in [5.41, 5.74) is 2.19. The Bertz CT molecular complexity index is 795. The van der Waals surface area contributed by atoms with Gasteiger partial charge in [-0.05, 0) is 30.0 Å². The standard InChI is InChI=1S/C24H33N3O2/c1-5-15-26(23(28)14-13-21-10-7-6-8-11-21)19-24(29)27(17-20(2)3)18-22-12-9-16-25(22)4/h5-12,16,20H,1,13-15,17-19H2,2-4H3. The summed E-state index contributed by atoms with van der Waals surface area (Å²) in [5.74, 6) is 0.293. The first-order valence-corrected chi connectivity index (χ1v) is 10.2. The molecule has 0 spiro atoms. The Balaban J connectivity index is 2.02. The molecule has 5 nitrogen and oxygen atoms in total. The number of rotatable bonds is 11. The quantitative estimate of drug-likeness (QED) is 0.545. The zero-order chi connectivity index (χ0) is 21.2. The van der Waals surface area contributed by atoms with Gasteiger partial charge in [0.15, 0.2) is 0 Å². The maximum Gasteiger partial charge on any atom is 0.242 e. The second-order valence-corrected chi connectivity index (χ2v) is 7.83. The van der Waals surface area contributed by atoms with Gasteiger partial charge in [-0.2, -0.15) is 0 Å². The van der Waals surface area contributed by atoms with Gasteiger partial charge in [-0.1, -0.05) is 50.3 Å². The lowest BCUT2D eigenvalue weighted by Gasteiger charge is -2.28. The van der Waals surface area contributed by atoms with E-state index in [1.807, 2.05) is 65.2 Å². The van der Waals surface area contributed by atoms with Crippen molar-refractivity contribution in [3.05, 3.63) is 72.6 Å². The Morgan fingerprint density at radius 2 is 1.79 bits per heavy atom. The van der Waals surface area contributed by atoms with E-state index >= 15 is 0 Å². The molecule has 0 aliphatic rings. The van der Waals surface area contributed by atoms with Crippen molar-refractivity contribution in [2.24, 2.45) is 13.0 Å². The minimum Gasteiger partial charge on any atom is -0.353 e. The molecule has 0 bridgehead atoms. The Morgan fingerprint density at radius 3 is 2.38 bits per heavy atom. The molecule has 2 aromatic rings. The van der Waals surface area contributed by atoms with Gasteiger partial charge in [0.1, 0.15) is 6.54 Å². The van der Waals surface area contributed by atoms with Gasteiger partial charge in [-0.25, -0.2) is 0 Å². The van der Waals surface area contributed by atoms with Crippen LogP contribution in [0.4, 0.5) is 0 Å². The van der Waals surface area contributed by atoms with Gasteiger partial charge in [0.25, 0.3) is 0 Å². The van der Waals surface area contributed by atoms with Crippen molar-refractivity contribution in [3.63, 3.8) is 0 Å². The maximum absolute atomic E-state index is 13.1. The summed E-state index contributed by atoms with van der Waals surface area (Å²) in [7, 11) is 1.98. The van der Waals surface area contributed by atoms with E-state index in [-0.39, 0.29) is 18.4 Å². The van der Waals surface area contributed by atoms with Gasteiger partial charge in [-0.3, -0.25) is 9.59 Å². The molecule has 0 saturated carbocycles. The molecule has 0 aliphatic heterocycles. The number of aryl methyl sites for hydroxylation is 2. The van der Waals surface area contributed by atoms with Crippen molar-refractivity contribution in [3.8, 4) is 0 Å². The van der Waals surface area contributed by atoms with Crippen molar-refractivity contribution < 1.29 is 9.59 Å². The molecular weight excluding hydrogens is 362 g/mol. The third-order valence-corrected chi connectivity index (χ3v) is 4.84. The highest BCUT2D eigenvalue weighted by molar-refractivity contribution is 5.85. The smallest absolute Gasteiger partial charge is 0.242 e. The van der Waals surface area contributed by atoms with E-state index in [0.29, 0.717) is 38.4 Å². The fourth-order valence-corrected chi connectivity index (χ4v) is 3.28. The van der Waals surface area contributed by atoms with E-state index in [4.69, 9.17) is 0 Å². The summed E-state index contributed by atoms with van der Waals surface area (Å²) in [6, 6.07) is 13.9. The molecule has 0 unspecified atom stereocenters. The van der Waals surface area contributed by atoms with E-state index in [1.165, 1.54) is 0 Å². The molecule has 0 atom stereocenters. The number of carbonyl (C=O) groups excluding carboxylic acids is 2. The summed E-state index contributed by atoms with van der Waals surface area (Å²) >= 11 is 0. The number of amides is 2. The molecule has 156 valence electrons. The van der Waals surface area contributed by atoms with Crippen LogP contribution in [-0.4, -0.2) is 45.8 Å². The fourth-order valence-electron chi connectivity index (χ4n) is 3.28. The summed E-state index contributed by atoms with van der Waals surface area (Å²) in [4.78, 5) is 29.3. The SMILES string of the molecule is C=CCN(CC(=O)N(Cc1cccn1C)CC(C)C)C(=O)CCc1ccccc1. The van der Waals surface area contributed by atoms with E-state index in [0.717, 1.165) is 11.3 Å². The molecule has 0 saturated heterocycles. The Labute approximate surface area is 174 Å². The first-order chi connectivity index (χ1) is 13.9. The molecule has 29 heavy (non-hydrogen) atoms. The normalized spacial score (nSPS) is 10.8. The summed E-state index contributed by atoms with van der Waals surface area (Å²) in [6.45, 7) is 9.60. The van der Waals surface area contributed by atoms with E-state index in [2.05, 4.69) is 20.4 Å². The number of nitrogens with zero attached hydrogens (tertiary/aromatic N) is 3. The Kier molecular flexibility index (Phi) is 8.71. The van der Waals surface area contributed by atoms with Crippen LogP contribution < -0.4 is 0 Å². The minimum atomic E-state index is -0.0326. The van der Waals surface area contributed by atoms with Gasteiger partial charge >= 0.3 is 0 Å². The van der Waals surface area contributed by atoms with Gasteiger partial charge in [-0.15, -0.1) is 6.58 Å². The van der Waals surface area contributed by atoms with Crippen LogP contribution in [0, 0.1) is 5.92 Å². The van der Waals surface area contributed by atoms with Crippen LogP contribution in [0.3, 0.4) is 0 Å². The Morgan fingerprint density at radius 1 is 1.07 bits per heavy atom. The summed E-state index contributed by atoms with van der Waals surface area (Å²) in [5, 5.41) is 0. The van der Waals surface area contributed by atoms with Gasteiger partial charge in [0, 0.05) is 38.4 Å². The van der Waals surface area contributed by atoms with Crippen LogP contribution in [0.15, 0.2) is 61.3 Å². The fraction of sp³-hybridized carbons (Fsp3) is 0.417. The third-order valence-electron chi connectivity index (χ3n) is 4.84. The molecule has 1 aromatic heterocycles. The molecule has 2 rings (SSSR count). The van der Waals surface area contributed by atoms with Crippen LogP contribution >= 0.6 is 0 Å². The topological polar surface area (TPSA) is 45.6 Å². The zero-order valence-corrected chi connectivity index (χ0v) is 17.9. The lowest BCUT2D eigenvalue weighted by Crippen LogP contribution is -2.44. The molecule has 1 heterocycles. The molecule has 0 aliphatic carbocycles. The zero-order valence-electron chi connectivity index (χ0n) is 17.9. The average Bonchev–Trinajstić information content (AvgIpc) is 3.10. The van der Waals surface area contributed by atoms with Crippen molar-refractivity contribution >= 4 is 11.8 Å². The highest BCUT2D eigenvalue weighted by Crippen LogP contribution is 2.10. The molecule has 1 aromatic carbocycles. The molecule has 0 N–H and O–H groups in total. The number of hydrogen-bond acceptors (Lipinski definition) is 2. The van der Waals surface area contributed by atoms with E-state index in [1.54, 1.807) is 11.0 Å².